The summed E-state index contributed by atoms with van der Waals surface area (Å²) in [6.07, 6.45) is 4.75. The van der Waals surface area contributed by atoms with E-state index in [0.29, 0.717) is 0 Å². The Labute approximate surface area is 161 Å². The second-order valence-corrected chi connectivity index (χ2v) is 22.5. The average Bonchev–Trinajstić information content (AvgIpc) is 3.09. The topological polar surface area (TPSA) is 0 Å². The minimum Gasteiger partial charge on any atom is -0.0689 e. The van der Waals surface area contributed by atoms with Gasteiger partial charge in [-0.3, -0.25) is 0 Å². The maximum absolute atomic E-state index is 2.84. The second kappa shape index (κ2) is 6.50. The molecule has 0 nitrogen and oxygen atoms in total. The van der Waals surface area contributed by atoms with Crippen molar-refractivity contribution in [3.8, 4) is 0 Å². The standard InChI is InChI=1S/C23H46Si2/c1-14(2)17-11-20-21(12-17)25(9,10)23-19(16(5)6)13-18(15(3)4)22(23)24(20,7)8/h14-23H,11-13H2,1-10H3/t17?,18-,19?,20+,21?,22+,23?/m0/s1. The van der Waals surface area contributed by atoms with E-state index in [9.17, 15) is 0 Å². The van der Waals surface area contributed by atoms with Gasteiger partial charge < -0.3 is 0 Å². The van der Waals surface area contributed by atoms with E-state index in [2.05, 4.69) is 67.7 Å². The molecule has 2 saturated carbocycles. The highest BCUT2D eigenvalue weighted by Gasteiger charge is 2.67. The van der Waals surface area contributed by atoms with E-state index in [1.165, 1.54) is 0 Å². The van der Waals surface area contributed by atoms with Crippen LogP contribution in [0.5, 0.6) is 0 Å². The van der Waals surface area contributed by atoms with Crippen LogP contribution in [0, 0.1) is 35.5 Å². The van der Waals surface area contributed by atoms with Gasteiger partial charge >= 0.3 is 0 Å². The number of fused-ring (bicyclic) bond motifs is 2. The first-order valence-electron chi connectivity index (χ1n) is 11.4. The molecule has 0 aromatic heterocycles. The highest BCUT2D eigenvalue weighted by Crippen LogP contribution is 2.74. The Kier molecular flexibility index (Phi) is 5.25. The summed E-state index contributed by atoms with van der Waals surface area (Å²) >= 11 is 0. The summed E-state index contributed by atoms with van der Waals surface area (Å²) in [6.45, 7) is 26.5. The van der Waals surface area contributed by atoms with Gasteiger partial charge in [0, 0.05) is 0 Å². The van der Waals surface area contributed by atoms with Crippen molar-refractivity contribution in [2.24, 2.45) is 35.5 Å². The van der Waals surface area contributed by atoms with Crippen molar-refractivity contribution >= 4 is 16.1 Å². The van der Waals surface area contributed by atoms with Crippen molar-refractivity contribution in [3.05, 3.63) is 0 Å². The molecule has 0 radical (unpaired) electrons. The van der Waals surface area contributed by atoms with E-state index in [1.54, 1.807) is 19.3 Å². The number of hydrogen-bond donors (Lipinski definition) is 0. The molecule has 1 aliphatic heterocycles. The Balaban J connectivity index is 2.06. The summed E-state index contributed by atoms with van der Waals surface area (Å²) in [7, 11) is -2.41. The molecule has 0 amide bonds. The van der Waals surface area contributed by atoms with Gasteiger partial charge in [0.15, 0.2) is 0 Å². The summed E-state index contributed by atoms with van der Waals surface area (Å²) in [6, 6.07) is 0. The monoisotopic (exact) mass is 378 g/mol. The third kappa shape index (κ3) is 2.96. The molecule has 146 valence electrons. The Morgan fingerprint density at radius 2 is 0.920 bits per heavy atom. The van der Waals surface area contributed by atoms with E-state index in [-0.39, 0.29) is 0 Å². The molecule has 3 aliphatic rings. The van der Waals surface area contributed by atoms with Crippen molar-refractivity contribution in [1.82, 2.24) is 0 Å². The smallest absolute Gasteiger partial charge is 0.0538 e. The first-order chi connectivity index (χ1) is 11.4. The molecule has 2 heteroatoms. The Morgan fingerprint density at radius 3 is 1.20 bits per heavy atom. The lowest BCUT2D eigenvalue weighted by Gasteiger charge is -2.58. The van der Waals surface area contributed by atoms with Gasteiger partial charge in [-0.1, -0.05) is 67.7 Å². The molecule has 3 fully saturated rings. The molecule has 2 aliphatic carbocycles. The van der Waals surface area contributed by atoms with Gasteiger partial charge in [-0.05, 0) is 76.9 Å². The molecule has 1 heterocycles. The van der Waals surface area contributed by atoms with Crippen LogP contribution in [-0.4, -0.2) is 16.1 Å². The van der Waals surface area contributed by atoms with Gasteiger partial charge in [0.05, 0.1) is 16.1 Å². The summed E-state index contributed by atoms with van der Waals surface area (Å²) in [5.74, 6) is 5.79. The molecule has 3 rings (SSSR count). The molecule has 7 atom stereocenters. The minimum absolute atomic E-state index is 0.895. The second-order valence-electron chi connectivity index (χ2n) is 12.4. The fraction of sp³-hybridized carbons (Fsp3) is 1.00. The summed E-state index contributed by atoms with van der Waals surface area (Å²) in [5.41, 5.74) is 4.56. The van der Waals surface area contributed by atoms with E-state index < -0.39 is 16.1 Å². The SMILES string of the molecule is CC(C)C1CC2[C@@H](C1)[Si](C)(C)[C@H]1C(C(C(C)C)C[C@H]1C(C)C)[Si]2(C)C. The van der Waals surface area contributed by atoms with Crippen LogP contribution in [0.15, 0.2) is 0 Å². The van der Waals surface area contributed by atoms with Gasteiger partial charge in [-0.2, -0.15) is 0 Å². The molecule has 0 aromatic carbocycles. The molecule has 4 unspecified atom stereocenters. The zero-order valence-corrected chi connectivity index (χ0v) is 20.9. The van der Waals surface area contributed by atoms with Crippen molar-refractivity contribution in [3.63, 3.8) is 0 Å². The van der Waals surface area contributed by atoms with Crippen LogP contribution in [-0.2, 0) is 0 Å². The van der Waals surface area contributed by atoms with Crippen LogP contribution in [0.25, 0.3) is 0 Å². The van der Waals surface area contributed by atoms with Gasteiger partial charge in [0.1, 0.15) is 0 Å². The van der Waals surface area contributed by atoms with Gasteiger partial charge in [-0.15, -0.1) is 0 Å². The first kappa shape index (κ1) is 20.2. The van der Waals surface area contributed by atoms with E-state index in [0.717, 1.165) is 57.7 Å². The summed E-state index contributed by atoms with van der Waals surface area (Å²) in [5, 5.41) is 0. The van der Waals surface area contributed by atoms with Crippen LogP contribution in [0.2, 0.25) is 48.4 Å². The van der Waals surface area contributed by atoms with Gasteiger partial charge in [0.25, 0.3) is 0 Å². The molecule has 1 saturated heterocycles. The molecular formula is C23H46Si2. The van der Waals surface area contributed by atoms with E-state index in [1.807, 2.05) is 0 Å². The van der Waals surface area contributed by atoms with E-state index >= 15 is 0 Å². The largest absolute Gasteiger partial charge is 0.0689 e. The van der Waals surface area contributed by atoms with Crippen molar-refractivity contribution < 1.29 is 0 Å². The third-order valence-corrected chi connectivity index (χ3v) is 20.5. The van der Waals surface area contributed by atoms with Crippen LogP contribution >= 0.6 is 0 Å². The fourth-order valence-electron chi connectivity index (χ4n) is 8.30. The summed E-state index contributed by atoms with van der Waals surface area (Å²) in [4.78, 5) is 0. The normalized spacial score (nSPS) is 45.2. The van der Waals surface area contributed by atoms with Crippen LogP contribution in [0.1, 0.15) is 60.8 Å². The van der Waals surface area contributed by atoms with Crippen LogP contribution in [0.3, 0.4) is 0 Å². The van der Waals surface area contributed by atoms with Crippen molar-refractivity contribution in [1.29, 1.82) is 0 Å². The molecule has 0 aromatic rings. The Hall–Kier alpha value is 0.434. The molecular weight excluding hydrogens is 332 g/mol. The predicted molar refractivity (Wildman–Crippen MR) is 119 cm³/mol. The maximum atomic E-state index is 2.84. The zero-order chi connectivity index (χ0) is 18.9. The quantitative estimate of drug-likeness (QED) is 0.437. The van der Waals surface area contributed by atoms with Gasteiger partial charge in [0.2, 0.25) is 0 Å². The van der Waals surface area contributed by atoms with E-state index in [4.69, 9.17) is 0 Å². The van der Waals surface area contributed by atoms with Crippen LogP contribution < -0.4 is 0 Å². The van der Waals surface area contributed by atoms with Crippen molar-refractivity contribution in [2.45, 2.75) is 109 Å². The third-order valence-electron chi connectivity index (χ3n) is 9.74. The average molecular weight is 379 g/mol. The molecule has 0 spiro atoms. The van der Waals surface area contributed by atoms with Crippen LogP contribution in [0.4, 0.5) is 0 Å². The van der Waals surface area contributed by atoms with Gasteiger partial charge in [-0.25, -0.2) is 0 Å². The number of hydrogen-bond acceptors (Lipinski definition) is 0. The van der Waals surface area contributed by atoms with Crippen molar-refractivity contribution in [2.75, 3.05) is 0 Å². The lowest BCUT2D eigenvalue weighted by Crippen LogP contribution is -2.57. The summed E-state index contributed by atoms with van der Waals surface area (Å²) < 4.78 is 0. The molecule has 0 N–H and O–H groups in total. The zero-order valence-electron chi connectivity index (χ0n) is 18.9. The highest BCUT2D eigenvalue weighted by molar-refractivity contribution is 6.91. The molecule has 0 bridgehead atoms. The Bertz CT molecular complexity index is 450. The maximum Gasteiger partial charge on any atom is 0.0538 e. The number of rotatable bonds is 3. The minimum atomic E-state index is -1.21. The predicted octanol–water partition coefficient (Wildman–Crippen LogP) is 7.91. The lowest BCUT2D eigenvalue weighted by molar-refractivity contribution is 0.337. The molecule has 25 heavy (non-hydrogen) atoms. The fourth-order valence-corrected chi connectivity index (χ4v) is 24.2. The Morgan fingerprint density at radius 1 is 0.560 bits per heavy atom. The highest BCUT2D eigenvalue weighted by atomic mass is 28.3. The first-order valence-corrected chi connectivity index (χ1v) is 17.7. The lowest BCUT2D eigenvalue weighted by atomic mass is 9.89.